The lowest BCUT2D eigenvalue weighted by Gasteiger charge is -2.44. The molecule has 4 atom stereocenters. The molecule has 2 aliphatic heterocycles. The van der Waals surface area contributed by atoms with Crippen LogP contribution in [0.4, 0.5) is 5.69 Å². The Morgan fingerprint density at radius 2 is 1.95 bits per heavy atom. The molecule has 2 bridgehead atoms. The molecule has 0 saturated heterocycles. The highest BCUT2D eigenvalue weighted by Crippen LogP contribution is 2.46. The molecule has 40 heavy (non-hydrogen) atoms. The van der Waals surface area contributed by atoms with Gasteiger partial charge in [0.15, 0.2) is 0 Å². The maximum absolute atomic E-state index is 13.2. The first-order chi connectivity index (χ1) is 19.0. The highest BCUT2D eigenvalue weighted by Gasteiger charge is 2.43. The second-order valence-electron chi connectivity index (χ2n) is 12.5. The summed E-state index contributed by atoms with van der Waals surface area (Å²) in [6, 6.07) is 11.4. The van der Waals surface area contributed by atoms with Crippen LogP contribution < -0.4 is 14.4 Å². The fourth-order valence-corrected chi connectivity index (χ4v) is 8.64. The summed E-state index contributed by atoms with van der Waals surface area (Å²) in [6.07, 6.45) is 10.4. The van der Waals surface area contributed by atoms with E-state index in [0.717, 1.165) is 62.3 Å². The lowest BCUT2D eigenvalue weighted by Crippen LogP contribution is -2.48. The Labute approximate surface area is 241 Å². The minimum absolute atomic E-state index is 0.202. The molecule has 9 heteroatoms. The second kappa shape index (κ2) is 10.4. The van der Waals surface area contributed by atoms with Gasteiger partial charge in [-0.2, -0.15) is 0 Å². The van der Waals surface area contributed by atoms with Crippen molar-refractivity contribution in [1.82, 2.24) is 4.72 Å². The number of carbonyl (C=O) groups excluding carboxylic acids is 1. The molecule has 2 heterocycles. The number of amides is 1. The van der Waals surface area contributed by atoms with E-state index in [9.17, 15) is 18.3 Å². The number of nitrogens with one attached hydrogen (secondary N) is 1. The molecule has 0 radical (unpaired) electrons. The largest absolute Gasteiger partial charge is 0.490 e. The fourth-order valence-electron chi connectivity index (χ4n) is 7.04. The van der Waals surface area contributed by atoms with Gasteiger partial charge in [-0.3, -0.25) is 4.79 Å². The molecule has 4 aliphatic rings. The van der Waals surface area contributed by atoms with Crippen LogP contribution in [-0.2, 0) is 21.9 Å². The van der Waals surface area contributed by atoms with Gasteiger partial charge in [-0.05, 0) is 105 Å². The van der Waals surface area contributed by atoms with Crippen LogP contribution in [0.2, 0.25) is 5.02 Å². The van der Waals surface area contributed by atoms with E-state index in [4.69, 9.17) is 16.3 Å². The maximum atomic E-state index is 13.2. The van der Waals surface area contributed by atoms with Crippen LogP contribution in [0.15, 0.2) is 48.6 Å². The number of allylic oxidation sites excluding steroid dienone is 1. The van der Waals surface area contributed by atoms with E-state index in [1.54, 1.807) is 18.2 Å². The van der Waals surface area contributed by atoms with E-state index in [1.807, 2.05) is 12.1 Å². The predicted octanol–water partition coefficient (Wildman–Crippen LogP) is 5.00. The molecule has 6 rings (SSSR count). The van der Waals surface area contributed by atoms with E-state index in [1.165, 1.54) is 18.1 Å². The number of carbonyl (C=O) groups is 1. The molecular formula is C31H37ClN2O5S. The number of benzene rings is 2. The van der Waals surface area contributed by atoms with Crippen LogP contribution in [0.5, 0.6) is 5.75 Å². The van der Waals surface area contributed by atoms with Gasteiger partial charge in [0.25, 0.3) is 5.91 Å². The standard InChI is InChI=1S/C31H37ClN2O5S/c1-30(36)13-3-2-5-21-7-8-24(21)17-34-18-31(14-4-6-22-15-25(32)10-11-26(22)31)19-39-28-12-9-23(16-27(28)34)29(35)33-40(37,38)20-30/h2-3,9-12,15-16,21,24,36H,4-8,13-14,17-20H2,1H3,(H,33,35)/b3-2+/t21-,24+,30-,31+/m1/s1. The number of halogens is 1. The van der Waals surface area contributed by atoms with Crippen molar-refractivity contribution in [2.24, 2.45) is 11.8 Å². The first kappa shape index (κ1) is 27.6. The zero-order valence-electron chi connectivity index (χ0n) is 22.9. The zero-order valence-corrected chi connectivity index (χ0v) is 24.4. The monoisotopic (exact) mass is 584 g/mol. The molecule has 1 fully saturated rings. The number of fused-ring (bicyclic) bond motifs is 4. The van der Waals surface area contributed by atoms with Crippen LogP contribution in [0, 0.1) is 11.8 Å². The summed E-state index contributed by atoms with van der Waals surface area (Å²) in [4.78, 5) is 15.6. The Morgan fingerprint density at radius 3 is 2.75 bits per heavy atom. The van der Waals surface area contributed by atoms with Crippen molar-refractivity contribution in [2.75, 3.05) is 30.3 Å². The van der Waals surface area contributed by atoms with Gasteiger partial charge < -0.3 is 14.7 Å². The first-order valence-corrected chi connectivity index (χ1v) is 16.3. The van der Waals surface area contributed by atoms with Gasteiger partial charge in [0.05, 0.1) is 23.6 Å². The number of rotatable bonds is 0. The Hall–Kier alpha value is -2.55. The number of aryl methyl sites for hydroxylation is 1. The molecule has 1 spiro atoms. The Morgan fingerprint density at radius 1 is 1.12 bits per heavy atom. The van der Waals surface area contributed by atoms with E-state index >= 15 is 0 Å². The summed E-state index contributed by atoms with van der Waals surface area (Å²) in [5, 5.41) is 11.5. The quantitative estimate of drug-likeness (QED) is 0.423. The van der Waals surface area contributed by atoms with E-state index in [2.05, 4.69) is 27.8 Å². The minimum atomic E-state index is -4.06. The van der Waals surface area contributed by atoms with Crippen LogP contribution in [0.1, 0.15) is 66.9 Å². The number of hydrogen-bond donors (Lipinski definition) is 2. The van der Waals surface area contributed by atoms with Crippen LogP contribution >= 0.6 is 11.6 Å². The van der Waals surface area contributed by atoms with Gasteiger partial charge in [-0.15, -0.1) is 0 Å². The lowest BCUT2D eigenvalue weighted by atomic mass is 9.69. The molecule has 2 N–H and O–H groups in total. The van der Waals surface area contributed by atoms with Gasteiger partial charge in [-0.1, -0.05) is 29.8 Å². The third-order valence-corrected chi connectivity index (χ3v) is 11.0. The maximum Gasteiger partial charge on any atom is 0.264 e. The van der Waals surface area contributed by atoms with Crippen molar-refractivity contribution in [3.8, 4) is 5.75 Å². The van der Waals surface area contributed by atoms with Gasteiger partial charge in [0, 0.05) is 29.1 Å². The molecule has 2 aromatic carbocycles. The topological polar surface area (TPSA) is 95.9 Å². The van der Waals surface area contributed by atoms with E-state index < -0.39 is 27.3 Å². The Bertz CT molecular complexity index is 1460. The summed E-state index contributed by atoms with van der Waals surface area (Å²) < 4.78 is 34.3. The predicted molar refractivity (Wildman–Crippen MR) is 157 cm³/mol. The average molecular weight is 585 g/mol. The Kier molecular flexibility index (Phi) is 7.16. The van der Waals surface area contributed by atoms with Crippen LogP contribution in [-0.4, -0.2) is 50.5 Å². The Balaban J connectivity index is 1.40. The van der Waals surface area contributed by atoms with Crippen molar-refractivity contribution < 1.29 is 23.1 Å². The molecule has 0 unspecified atom stereocenters. The number of nitrogens with zero attached hydrogens (tertiary/aromatic N) is 1. The van der Waals surface area contributed by atoms with Crippen LogP contribution in [0.25, 0.3) is 0 Å². The van der Waals surface area contributed by atoms with Gasteiger partial charge in [0.2, 0.25) is 10.0 Å². The SMILES string of the molecule is C[C@@]1(O)C/C=C/C[C@@H]2CC[C@H]2CN2C[C@@]3(CCCc4cc(Cl)ccc43)COc3ccc(cc32)C(=O)NS(=O)(=O)C1. The molecule has 2 aromatic rings. The van der Waals surface area contributed by atoms with Gasteiger partial charge in [0.1, 0.15) is 5.75 Å². The normalized spacial score (nSPS) is 32.5. The molecule has 0 aromatic heterocycles. The average Bonchev–Trinajstić information content (AvgIpc) is 3.02. The summed E-state index contributed by atoms with van der Waals surface area (Å²) in [5.41, 5.74) is 1.94. The van der Waals surface area contributed by atoms with Crippen LogP contribution in [0.3, 0.4) is 0 Å². The minimum Gasteiger partial charge on any atom is -0.490 e. The number of hydrogen-bond acceptors (Lipinski definition) is 6. The van der Waals surface area contributed by atoms with Crippen molar-refractivity contribution >= 4 is 33.2 Å². The molecule has 7 nitrogen and oxygen atoms in total. The summed E-state index contributed by atoms with van der Waals surface area (Å²) in [6.45, 7) is 3.60. The number of aliphatic hydroxyl groups is 1. The van der Waals surface area contributed by atoms with Gasteiger partial charge >= 0.3 is 0 Å². The number of anilines is 1. The summed E-state index contributed by atoms with van der Waals surface area (Å²) >= 11 is 6.37. The summed E-state index contributed by atoms with van der Waals surface area (Å²) in [7, 11) is -4.06. The third kappa shape index (κ3) is 5.50. The molecular weight excluding hydrogens is 548 g/mol. The molecule has 1 amide bonds. The molecule has 214 valence electrons. The molecule has 2 aliphatic carbocycles. The fraction of sp³-hybridized carbons (Fsp3) is 0.516. The zero-order chi connectivity index (χ0) is 28.1. The van der Waals surface area contributed by atoms with E-state index in [0.29, 0.717) is 24.2 Å². The van der Waals surface area contributed by atoms with Gasteiger partial charge in [-0.25, -0.2) is 13.1 Å². The highest BCUT2D eigenvalue weighted by molar-refractivity contribution is 7.90. The number of ether oxygens (including phenoxy) is 1. The third-order valence-electron chi connectivity index (χ3n) is 9.24. The first-order valence-electron chi connectivity index (χ1n) is 14.3. The van der Waals surface area contributed by atoms with Crippen molar-refractivity contribution in [1.29, 1.82) is 0 Å². The summed E-state index contributed by atoms with van der Waals surface area (Å²) in [5.74, 6) is 0.447. The molecule has 1 saturated carbocycles. The van der Waals surface area contributed by atoms with E-state index in [-0.39, 0.29) is 17.4 Å². The van der Waals surface area contributed by atoms with Crippen molar-refractivity contribution in [3.63, 3.8) is 0 Å². The van der Waals surface area contributed by atoms with Crippen molar-refractivity contribution in [2.45, 2.75) is 62.9 Å². The second-order valence-corrected chi connectivity index (χ2v) is 14.6. The highest BCUT2D eigenvalue weighted by atomic mass is 35.5. The lowest BCUT2D eigenvalue weighted by molar-refractivity contribution is 0.0862. The smallest absolute Gasteiger partial charge is 0.264 e. The van der Waals surface area contributed by atoms with Crippen molar-refractivity contribution in [3.05, 3.63) is 70.3 Å². The number of sulfonamides is 1.